The summed E-state index contributed by atoms with van der Waals surface area (Å²) in [6.45, 7) is 6.77. The molecule has 0 fully saturated rings. The van der Waals surface area contributed by atoms with Crippen molar-refractivity contribution in [3.63, 3.8) is 0 Å². The predicted octanol–water partition coefficient (Wildman–Crippen LogP) is 4.47. The van der Waals surface area contributed by atoms with Crippen LogP contribution in [0.5, 0.6) is 5.75 Å². The van der Waals surface area contributed by atoms with Gasteiger partial charge >= 0.3 is 0 Å². The topological polar surface area (TPSA) is 38.3 Å². The van der Waals surface area contributed by atoms with Gasteiger partial charge in [-0.3, -0.25) is 4.79 Å². The van der Waals surface area contributed by atoms with Gasteiger partial charge in [0, 0.05) is 6.54 Å². The van der Waals surface area contributed by atoms with Gasteiger partial charge in [0.1, 0.15) is 5.75 Å². The van der Waals surface area contributed by atoms with Crippen molar-refractivity contribution >= 4 is 5.91 Å². The van der Waals surface area contributed by atoms with Crippen LogP contribution in [0.1, 0.15) is 56.6 Å². The molecule has 0 radical (unpaired) electrons. The molecular weight excluding hydrogens is 286 g/mol. The first kappa shape index (κ1) is 17.6. The molecule has 1 aliphatic carbocycles. The van der Waals surface area contributed by atoms with Crippen LogP contribution >= 0.6 is 0 Å². The molecular formula is C20H29NO2. The van der Waals surface area contributed by atoms with Crippen LogP contribution in [0, 0.1) is 13.8 Å². The lowest BCUT2D eigenvalue weighted by molar-refractivity contribution is -0.128. The molecule has 1 aliphatic rings. The number of hydrogen-bond donors (Lipinski definition) is 1. The second kappa shape index (κ2) is 8.76. The first-order valence-electron chi connectivity index (χ1n) is 8.79. The smallest absolute Gasteiger partial charge is 0.261 e. The van der Waals surface area contributed by atoms with E-state index in [2.05, 4.69) is 17.5 Å². The number of carbonyl (C=O) groups is 1. The van der Waals surface area contributed by atoms with Crippen molar-refractivity contribution in [2.75, 3.05) is 6.54 Å². The molecule has 2 rings (SSSR count). The van der Waals surface area contributed by atoms with E-state index in [-0.39, 0.29) is 5.91 Å². The molecule has 0 bridgehead atoms. The second-order valence-corrected chi connectivity index (χ2v) is 6.49. The van der Waals surface area contributed by atoms with E-state index >= 15 is 0 Å². The van der Waals surface area contributed by atoms with Crippen LogP contribution in [0.15, 0.2) is 29.8 Å². The SMILES string of the molecule is CC[C@H](Oc1cc(C)cc(C)c1)C(=O)NCCC1=CCCCC1. The molecule has 1 aromatic carbocycles. The van der Waals surface area contributed by atoms with E-state index in [0.717, 1.165) is 23.3 Å². The third-order valence-electron chi connectivity index (χ3n) is 4.27. The minimum Gasteiger partial charge on any atom is -0.481 e. The first-order valence-corrected chi connectivity index (χ1v) is 8.79. The van der Waals surface area contributed by atoms with Gasteiger partial charge in [0.25, 0.3) is 5.91 Å². The number of allylic oxidation sites excluding steroid dienone is 1. The number of hydrogen-bond acceptors (Lipinski definition) is 2. The standard InChI is InChI=1S/C20H29NO2/c1-4-19(23-18-13-15(2)12-16(3)14-18)20(22)21-11-10-17-8-6-5-7-9-17/h8,12-14,19H,4-7,9-11H2,1-3H3,(H,21,22)/t19-/m0/s1. The zero-order chi connectivity index (χ0) is 16.7. The fourth-order valence-corrected chi connectivity index (χ4v) is 3.08. The summed E-state index contributed by atoms with van der Waals surface area (Å²) in [6.07, 6.45) is 8.51. The van der Waals surface area contributed by atoms with Crippen LogP contribution < -0.4 is 10.1 Å². The number of nitrogens with one attached hydrogen (secondary N) is 1. The monoisotopic (exact) mass is 315 g/mol. The molecule has 0 spiro atoms. The Morgan fingerprint density at radius 1 is 1.22 bits per heavy atom. The average molecular weight is 315 g/mol. The van der Waals surface area contributed by atoms with Gasteiger partial charge < -0.3 is 10.1 Å². The molecule has 23 heavy (non-hydrogen) atoms. The largest absolute Gasteiger partial charge is 0.481 e. The van der Waals surface area contributed by atoms with Gasteiger partial charge in [-0.2, -0.15) is 0 Å². The van der Waals surface area contributed by atoms with Gasteiger partial charge in [0.15, 0.2) is 6.10 Å². The Morgan fingerprint density at radius 3 is 2.57 bits per heavy atom. The van der Waals surface area contributed by atoms with Crippen LogP contribution in [0.4, 0.5) is 0 Å². The van der Waals surface area contributed by atoms with Crippen LogP contribution in [-0.4, -0.2) is 18.6 Å². The molecule has 0 saturated heterocycles. The summed E-state index contributed by atoms with van der Waals surface area (Å²) >= 11 is 0. The summed E-state index contributed by atoms with van der Waals surface area (Å²) in [5.41, 5.74) is 3.79. The molecule has 1 aromatic rings. The lowest BCUT2D eigenvalue weighted by atomic mass is 9.97. The normalized spacial score (nSPS) is 15.7. The summed E-state index contributed by atoms with van der Waals surface area (Å²) in [4.78, 5) is 12.3. The fraction of sp³-hybridized carbons (Fsp3) is 0.550. The molecule has 1 amide bonds. The van der Waals surface area contributed by atoms with Crippen molar-refractivity contribution in [1.82, 2.24) is 5.32 Å². The number of amides is 1. The maximum absolute atomic E-state index is 12.3. The second-order valence-electron chi connectivity index (χ2n) is 6.49. The molecule has 126 valence electrons. The van der Waals surface area contributed by atoms with Gasteiger partial charge in [0.05, 0.1) is 0 Å². The van der Waals surface area contributed by atoms with Crippen LogP contribution in [0.3, 0.4) is 0 Å². The highest BCUT2D eigenvalue weighted by atomic mass is 16.5. The zero-order valence-corrected chi connectivity index (χ0v) is 14.7. The van der Waals surface area contributed by atoms with E-state index in [0.29, 0.717) is 13.0 Å². The Labute approximate surface area is 140 Å². The van der Waals surface area contributed by atoms with E-state index in [1.54, 1.807) is 0 Å². The van der Waals surface area contributed by atoms with E-state index < -0.39 is 6.10 Å². The predicted molar refractivity (Wildman–Crippen MR) is 94.8 cm³/mol. The van der Waals surface area contributed by atoms with Gasteiger partial charge in [-0.25, -0.2) is 0 Å². The minimum atomic E-state index is -0.420. The number of ether oxygens (including phenoxy) is 1. The number of rotatable bonds is 7. The summed E-state index contributed by atoms with van der Waals surface area (Å²) in [5.74, 6) is 0.766. The Bertz CT molecular complexity index is 543. The van der Waals surface area contributed by atoms with Crippen LogP contribution in [0.2, 0.25) is 0 Å². The molecule has 0 heterocycles. The number of aryl methyl sites for hydroxylation is 2. The maximum atomic E-state index is 12.3. The van der Waals surface area contributed by atoms with Crippen molar-refractivity contribution in [1.29, 1.82) is 0 Å². The summed E-state index contributed by atoms with van der Waals surface area (Å²) < 4.78 is 5.90. The van der Waals surface area contributed by atoms with Gasteiger partial charge in [-0.15, -0.1) is 0 Å². The minimum absolute atomic E-state index is 0.0110. The highest BCUT2D eigenvalue weighted by Gasteiger charge is 2.18. The highest BCUT2D eigenvalue weighted by Crippen LogP contribution is 2.20. The third kappa shape index (κ3) is 5.74. The molecule has 0 saturated carbocycles. The lowest BCUT2D eigenvalue weighted by Gasteiger charge is -2.19. The molecule has 0 aromatic heterocycles. The quantitative estimate of drug-likeness (QED) is 0.754. The van der Waals surface area contributed by atoms with Gasteiger partial charge in [-0.05, 0) is 75.6 Å². The lowest BCUT2D eigenvalue weighted by Crippen LogP contribution is -2.38. The highest BCUT2D eigenvalue weighted by molar-refractivity contribution is 5.81. The van der Waals surface area contributed by atoms with E-state index in [1.165, 1.54) is 31.3 Å². The molecule has 0 aliphatic heterocycles. The third-order valence-corrected chi connectivity index (χ3v) is 4.27. The number of carbonyl (C=O) groups excluding carboxylic acids is 1. The average Bonchev–Trinajstić information content (AvgIpc) is 2.52. The first-order chi connectivity index (χ1) is 11.1. The van der Waals surface area contributed by atoms with E-state index in [4.69, 9.17) is 4.74 Å². The van der Waals surface area contributed by atoms with Crippen molar-refractivity contribution in [2.45, 2.75) is 65.4 Å². The van der Waals surface area contributed by atoms with Crippen molar-refractivity contribution in [3.8, 4) is 5.75 Å². The molecule has 3 heteroatoms. The Morgan fingerprint density at radius 2 is 1.96 bits per heavy atom. The number of benzene rings is 1. The summed E-state index contributed by atoms with van der Waals surface area (Å²) in [5, 5.41) is 3.03. The Hall–Kier alpha value is -1.77. The molecule has 1 atom stereocenters. The van der Waals surface area contributed by atoms with E-state index in [1.807, 2.05) is 32.9 Å². The van der Waals surface area contributed by atoms with Crippen LogP contribution in [0.25, 0.3) is 0 Å². The fourth-order valence-electron chi connectivity index (χ4n) is 3.08. The van der Waals surface area contributed by atoms with Crippen molar-refractivity contribution in [2.24, 2.45) is 0 Å². The van der Waals surface area contributed by atoms with Gasteiger partial charge in [0.2, 0.25) is 0 Å². The zero-order valence-electron chi connectivity index (χ0n) is 14.7. The Kier molecular flexibility index (Phi) is 6.69. The summed E-state index contributed by atoms with van der Waals surface area (Å²) in [6, 6.07) is 6.07. The molecule has 1 N–H and O–H groups in total. The molecule has 3 nitrogen and oxygen atoms in total. The van der Waals surface area contributed by atoms with Crippen molar-refractivity contribution < 1.29 is 9.53 Å². The molecule has 0 unspecified atom stereocenters. The Balaban J connectivity index is 1.84. The van der Waals surface area contributed by atoms with Crippen LogP contribution in [-0.2, 0) is 4.79 Å². The van der Waals surface area contributed by atoms with Gasteiger partial charge in [-0.1, -0.05) is 24.6 Å². The van der Waals surface area contributed by atoms with E-state index in [9.17, 15) is 4.79 Å². The summed E-state index contributed by atoms with van der Waals surface area (Å²) in [7, 11) is 0. The maximum Gasteiger partial charge on any atom is 0.261 e. The van der Waals surface area contributed by atoms with Crippen molar-refractivity contribution in [3.05, 3.63) is 41.0 Å².